The first-order valence-corrected chi connectivity index (χ1v) is 9.14. The van der Waals surface area contributed by atoms with Crippen molar-refractivity contribution in [2.75, 3.05) is 12.4 Å². The summed E-state index contributed by atoms with van der Waals surface area (Å²) < 4.78 is 7.97. The standard InChI is InChI=1S/C16H20Cl2N2OS/c1-2-3-8-22-14(10-20-7-6-19-12-20)11-21-16-5-4-13(17)9-15(16)18/h4-7,9,12,14H,2-3,8,10-11H2,1H3. The molecular formula is C16H20Cl2N2OS. The van der Waals surface area contributed by atoms with E-state index >= 15 is 0 Å². The largest absolute Gasteiger partial charge is 0.491 e. The molecule has 1 aromatic carbocycles. The molecule has 1 aromatic heterocycles. The molecule has 22 heavy (non-hydrogen) atoms. The molecular weight excluding hydrogens is 339 g/mol. The molecule has 3 nitrogen and oxygen atoms in total. The Hall–Kier alpha value is -0.840. The van der Waals surface area contributed by atoms with Crippen molar-refractivity contribution in [3.63, 3.8) is 0 Å². The molecule has 1 heterocycles. The molecule has 0 saturated heterocycles. The smallest absolute Gasteiger partial charge is 0.138 e. The lowest BCUT2D eigenvalue weighted by atomic mass is 10.3. The maximum atomic E-state index is 6.15. The van der Waals surface area contributed by atoms with Crippen LogP contribution in [-0.2, 0) is 6.54 Å². The number of halogens is 2. The van der Waals surface area contributed by atoms with Crippen molar-refractivity contribution in [1.29, 1.82) is 0 Å². The van der Waals surface area contributed by atoms with E-state index in [1.807, 2.05) is 30.4 Å². The number of hydrogen-bond donors (Lipinski definition) is 0. The molecule has 0 radical (unpaired) electrons. The molecule has 0 saturated carbocycles. The van der Waals surface area contributed by atoms with Gasteiger partial charge in [0.2, 0.25) is 0 Å². The van der Waals surface area contributed by atoms with Crippen LogP contribution in [0.25, 0.3) is 0 Å². The highest BCUT2D eigenvalue weighted by Crippen LogP contribution is 2.28. The molecule has 2 aromatic rings. The first kappa shape index (κ1) is 17.5. The topological polar surface area (TPSA) is 27.1 Å². The number of nitrogens with zero attached hydrogens (tertiary/aromatic N) is 2. The van der Waals surface area contributed by atoms with Gasteiger partial charge in [-0.1, -0.05) is 36.5 Å². The van der Waals surface area contributed by atoms with Crippen LogP contribution in [0, 0.1) is 0 Å². The number of imidazole rings is 1. The Bertz CT molecular complexity index is 563. The number of aromatic nitrogens is 2. The molecule has 0 aliphatic heterocycles. The molecule has 1 atom stereocenters. The van der Waals surface area contributed by atoms with Crippen molar-refractivity contribution >= 4 is 35.0 Å². The number of hydrogen-bond acceptors (Lipinski definition) is 3. The van der Waals surface area contributed by atoms with E-state index in [9.17, 15) is 0 Å². The molecule has 0 bridgehead atoms. The summed E-state index contributed by atoms with van der Waals surface area (Å²) in [5.41, 5.74) is 0. The van der Waals surface area contributed by atoms with Gasteiger partial charge in [-0.15, -0.1) is 0 Å². The monoisotopic (exact) mass is 358 g/mol. The molecule has 1 unspecified atom stereocenters. The van der Waals surface area contributed by atoms with E-state index < -0.39 is 0 Å². The lowest BCUT2D eigenvalue weighted by molar-refractivity contribution is 0.308. The van der Waals surface area contributed by atoms with Crippen molar-refractivity contribution in [2.24, 2.45) is 0 Å². The Morgan fingerprint density at radius 3 is 2.91 bits per heavy atom. The van der Waals surface area contributed by atoms with E-state index in [2.05, 4.69) is 16.5 Å². The second-order valence-electron chi connectivity index (χ2n) is 4.99. The summed E-state index contributed by atoms with van der Waals surface area (Å²) in [5.74, 6) is 1.81. The Morgan fingerprint density at radius 2 is 2.23 bits per heavy atom. The molecule has 0 fully saturated rings. The molecule has 120 valence electrons. The SMILES string of the molecule is CCCCSC(COc1ccc(Cl)cc1Cl)Cn1ccnc1. The summed E-state index contributed by atoms with van der Waals surface area (Å²) >= 11 is 14.0. The van der Waals surface area contributed by atoms with Gasteiger partial charge in [0.25, 0.3) is 0 Å². The quantitative estimate of drug-likeness (QED) is 0.578. The van der Waals surface area contributed by atoms with Gasteiger partial charge in [-0.2, -0.15) is 11.8 Å². The summed E-state index contributed by atoms with van der Waals surface area (Å²) in [6.45, 7) is 3.68. The zero-order chi connectivity index (χ0) is 15.8. The molecule has 0 aliphatic carbocycles. The predicted octanol–water partition coefficient (Wildman–Crippen LogP) is 5.17. The Labute approximate surface area is 146 Å². The zero-order valence-electron chi connectivity index (χ0n) is 12.5. The second-order valence-corrected chi connectivity index (χ2v) is 7.24. The number of unbranched alkanes of at least 4 members (excludes halogenated alkanes) is 1. The summed E-state index contributed by atoms with van der Waals surface area (Å²) in [6.07, 6.45) is 8.03. The first-order chi connectivity index (χ1) is 10.7. The van der Waals surface area contributed by atoms with Crippen molar-refractivity contribution < 1.29 is 4.74 Å². The predicted molar refractivity (Wildman–Crippen MR) is 95.3 cm³/mol. The van der Waals surface area contributed by atoms with Crippen molar-refractivity contribution in [3.05, 3.63) is 47.0 Å². The molecule has 0 spiro atoms. The maximum absolute atomic E-state index is 6.15. The van der Waals surface area contributed by atoms with Crippen LogP contribution in [0.15, 0.2) is 36.9 Å². The molecule has 2 rings (SSSR count). The van der Waals surface area contributed by atoms with E-state index in [0.717, 1.165) is 12.3 Å². The number of rotatable bonds is 9. The van der Waals surface area contributed by atoms with Crippen molar-refractivity contribution in [1.82, 2.24) is 9.55 Å². The minimum atomic E-state index is 0.354. The van der Waals surface area contributed by atoms with Crippen LogP contribution in [0.5, 0.6) is 5.75 Å². The van der Waals surface area contributed by atoms with Crippen LogP contribution in [0.1, 0.15) is 19.8 Å². The Kier molecular flexibility index (Phi) is 7.43. The van der Waals surface area contributed by atoms with E-state index in [4.69, 9.17) is 27.9 Å². The van der Waals surface area contributed by atoms with Gasteiger partial charge in [-0.25, -0.2) is 4.98 Å². The van der Waals surface area contributed by atoms with Crippen LogP contribution in [-0.4, -0.2) is 27.2 Å². The van der Waals surface area contributed by atoms with Gasteiger partial charge in [-0.05, 0) is 30.4 Å². The van der Waals surface area contributed by atoms with Gasteiger partial charge in [0.05, 0.1) is 16.6 Å². The number of ether oxygens (including phenoxy) is 1. The first-order valence-electron chi connectivity index (χ1n) is 7.34. The summed E-state index contributed by atoms with van der Waals surface area (Å²) in [6, 6.07) is 5.31. The third-order valence-corrected chi connectivity index (χ3v) is 4.96. The fraction of sp³-hybridized carbons (Fsp3) is 0.438. The third kappa shape index (κ3) is 5.75. The molecule has 6 heteroatoms. The fourth-order valence-electron chi connectivity index (χ4n) is 1.95. The van der Waals surface area contributed by atoms with Crippen molar-refractivity contribution in [3.8, 4) is 5.75 Å². The van der Waals surface area contributed by atoms with Gasteiger partial charge < -0.3 is 9.30 Å². The molecule has 0 N–H and O–H groups in total. The molecule has 0 aliphatic rings. The molecule has 0 amide bonds. The van der Waals surface area contributed by atoms with E-state index in [-0.39, 0.29) is 0 Å². The highest BCUT2D eigenvalue weighted by molar-refractivity contribution is 7.99. The van der Waals surface area contributed by atoms with Gasteiger partial charge in [0, 0.05) is 24.0 Å². The minimum Gasteiger partial charge on any atom is -0.491 e. The van der Waals surface area contributed by atoms with Gasteiger partial charge in [-0.3, -0.25) is 0 Å². The average Bonchev–Trinajstić information content (AvgIpc) is 2.99. The highest BCUT2D eigenvalue weighted by Gasteiger charge is 2.12. The van der Waals surface area contributed by atoms with Crippen LogP contribution < -0.4 is 4.74 Å². The van der Waals surface area contributed by atoms with Gasteiger partial charge in [0.15, 0.2) is 0 Å². The van der Waals surface area contributed by atoms with E-state index in [1.165, 1.54) is 12.8 Å². The highest BCUT2D eigenvalue weighted by atomic mass is 35.5. The minimum absolute atomic E-state index is 0.354. The van der Waals surface area contributed by atoms with Gasteiger partial charge >= 0.3 is 0 Å². The maximum Gasteiger partial charge on any atom is 0.138 e. The van der Waals surface area contributed by atoms with Crippen LogP contribution >= 0.6 is 35.0 Å². The van der Waals surface area contributed by atoms with Crippen molar-refractivity contribution in [2.45, 2.75) is 31.6 Å². The van der Waals surface area contributed by atoms with E-state index in [1.54, 1.807) is 18.3 Å². The van der Waals surface area contributed by atoms with Crippen LogP contribution in [0.3, 0.4) is 0 Å². The Balaban J connectivity index is 1.92. The summed E-state index contributed by atoms with van der Waals surface area (Å²) in [5, 5.41) is 1.52. The summed E-state index contributed by atoms with van der Waals surface area (Å²) in [7, 11) is 0. The lowest BCUT2D eigenvalue weighted by Gasteiger charge is -2.18. The second kappa shape index (κ2) is 9.33. The zero-order valence-corrected chi connectivity index (χ0v) is 14.9. The fourth-order valence-corrected chi connectivity index (χ4v) is 3.65. The summed E-state index contributed by atoms with van der Waals surface area (Å²) in [4.78, 5) is 4.09. The normalized spacial score (nSPS) is 12.3. The lowest BCUT2D eigenvalue weighted by Crippen LogP contribution is -2.21. The van der Waals surface area contributed by atoms with Crippen LogP contribution in [0.4, 0.5) is 0 Å². The Morgan fingerprint density at radius 1 is 1.36 bits per heavy atom. The van der Waals surface area contributed by atoms with E-state index in [0.29, 0.717) is 27.7 Å². The third-order valence-electron chi connectivity index (χ3n) is 3.14. The number of thioether (sulfide) groups is 1. The van der Waals surface area contributed by atoms with Crippen LogP contribution in [0.2, 0.25) is 10.0 Å². The number of benzene rings is 1. The van der Waals surface area contributed by atoms with Gasteiger partial charge in [0.1, 0.15) is 12.4 Å². The average molecular weight is 359 g/mol.